The predicted molar refractivity (Wildman–Crippen MR) is 18.2 cm³/mol. The van der Waals surface area contributed by atoms with Gasteiger partial charge in [-0.2, -0.15) is 0 Å². The van der Waals surface area contributed by atoms with Crippen LogP contribution in [0, 0.1) is 0 Å². The molecule has 0 aromatic carbocycles. The molecule has 0 aliphatic carbocycles. The van der Waals surface area contributed by atoms with Crippen LogP contribution in [0.2, 0.25) is 0 Å². The molecule has 0 fully saturated rings. The first-order valence-electron chi connectivity index (χ1n) is 0.690. The van der Waals surface area contributed by atoms with Crippen molar-refractivity contribution >= 4 is 27.6 Å². The van der Waals surface area contributed by atoms with Gasteiger partial charge >= 0.3 is 44.7 Å². The second kappa shape index (κ2) is 1.92. The summed E-state index contributed by atoms with van der Waals surface area (Å²) in [5.41, 5.74) is 0. The van der Waals surface area contributed by atoms with Crippen LogP contribution >= 0.6 is 27.6 Å². The first kappa shape index (κ1) is 6.41. The molecule has 0 atom stereocenters. The van der Waals surface area contributed by atoms with Gasteiger partial charge in [-0.25, -0.2) is 0 Å². The Morgan fingerprint density at radius 2 is 1.20 bits per heavy atom. The maximum atomic E-state index is 9.60. The van der Waals surface area contributed by atoms with E-state index in [0.717, 1.165) is 0 Å². The number of halogens is 3. The van der Waals surface area contributed by atoms with Crippen LogP contribution in [-0.4, -0.2) is 0 Å². The summed E-state index contributed by atoms with van der Waals surface area (Å²) in [5.74, 6) is 0. The van der Waals surface area contributed by atoms with Crippen LogP contribution in [0.15, 0.2) is 0 Å². The Morgan fingerprint density at radius 1 is 1.20 bits per heavy atom. The third-order valence-electron chi connectivity index (χ3n) is 0. The van der Waals surface area contributed by atoms with Gasteiger partial charge in [0.15, 0.2) is 0 Å². The summed E-state index contributed by atoms with van der Waals surface area (Å²) < 4.78 is 9.60. The fourth-order valence-corrected chi connectivity index (χ4v) is 0. The van der Waals surface area contributed by atoms with Crippen LogP contribution in [0.5, 0.6) is 0 Å². The van der Waals surface area contributed by atoms with Crippen LogP contribution < -0.4 is 0 Å². The van der Waals surface area contributed by atoms with E-state index in [1.807, 2.05) is 0 Å². The normalized spacial score (nSPS) is 11.8. The van der Waals surface area contributed by atoms with Crippen LogP contribution in [0.4, 0.5) is 0 Å². The molecule has 0 saturated carbocycles. The zero-order valence-electron chi connectivity index (χ0n) is 1.99. The van der Waals surface area contributed by atoms with E-state index < -0.39 is 13.9 Å². The molecule has 1 nitrogen and oxygen atoms in total. The maximum absolute atomic E-state index is 9.60. The van der Waals surface area contributed by atoms with E-state index in [9.17, 15) is 3.25 Å². The van der Waals surface area contributed by atoms with E-state index >= 15 is 0 Å². The molecule has 0 aliphatic heterocycles. The van der Waals surface area contributed by atoms with Crippen molar-refractivity contribution in [2.24, 2.45) is 0 Å². The summed E-state index contributed by atoms with van der Waals surface area (Å²) in [6.45, 7) is 0. The summed E-state index contributed by atoms with van der Waals surface area (Å²) in [6, 6.07) is 0. The van der Waals surface area contributed by atoms with Crippen molar-refractivity contribution in [2.45, 2.75) is 0 Å². The molecular formula is Cl3NbO. The van der Waals surface area contributed by atoms with Gasteiger partial charge in [0.2, 0.25) is 0 Å². The molecule has 0 bridgehead atoms. The molecular weight excluding hydrogens is 215 g/mol. The molecule has 32 valence electrons. The van der Waals surface area contributed by atoms with E-state index in [1.54, 1.807) is 0 Å². The molecule has 5 heavy (non-hydrogen) atoms. The molecule has 0 amide bonds. The van der Waals surface area contributed by atoms with E-state index in [2.05, 4.69) is 0 Å². The van der Waals surface area contributed by atoms with Crippen LogP contribution in [0.25, 0.3) is 0 Å². The minimum absolute atomic E-state index is 3.93. The van der Waals surface area contributed by atoms with E-state index in [0.29, 0.717) is 0 Å². The van der Waals surface area contributed by atoms with Gasteiger partial charge in [-0.1, -0.05) is 0 Å². The zero-order valence-corrected chi connectivity index (χ0v) is 6.46. The molecule has 0 heterocycles. The first-order chi connectivity index (χ1) is 2.00. The fraction of sp³-hybridized carbons (Fsp3) is 0. The Kier molecular flexibility index (Phi) is 2.46. The molecule has 0 N–H and O–H groups in total. The van der Waals surface area contributed by atoms with Crippen LogP contribution in [-0.2, 0) is 17.1 Å². The summed E-state index contributed by atoms with van der Waals surface area (Å²) in [6.07, 6.45) is 0. The third kappa shape index (κ3) is 31.6. The Labute approximate surface area is 44.5 Å². The Balaban J connectivity index is 3.47. The van der Waals surface area contributed by atoms with Crippen molar-refractivity contribution in [1.29, 1.82) is 0 Å². The van der Waals surface area contributed by atoms with E-state index in [4.69, 9.17) is 27.6 Å². The minimum atomic E-state index is -3.93. The van der Waals surface area contributed by atoms with Gasteiger partial charge in [0, 0.05) is 0 Å². The van der Waals surface area contributed by atoms with Crippen molar-refractivity contribution in [3.63, 3.8) is 0 Å². The summed E-state index contributed by atoms with van der Waals surface area (Å²) in [7, 11) is 14.1. The van der Waals surface area contributed by atoms with Gasteiger partial charge < -0.3 is 0 Å². The molecule has 0 aliphatic rings. The van der Waals surface area contributed by atoms with Gasteiger partial charge in [0.1, 0.15) is 0 Å². The summed E-state index contributed by atoms with van der Waals surface area (Å²) in [5, 5.41) is 0. The Morgan fingerprint density at radius 3 is 1.20 bits per heavy atom. The molecule has 0 radical (unpaired) electrons. The molecule has 0 rings (SSSR count). The quantitative estimate of drug-likeness (QED) is 0.564. The predicted octanol–water partition coefficient (Wildman–Crippen LogP) is 1.95. The molecule has 0 saturated heterocycles. The average Bonchev–Trinajstić information content (AvgIpc) is 0.722. The summed E-state index contributed by atoms with van der Waals surface area (Å²) >= 11 is -3.93. The standard InChI is InChI=1S/3ClH.Nb.O/h3*1H;;/q;;;+3;/p-3. The molecule has 0 spiro atoms. The van der Waals surface area contributed by atoms with Crippen molar-refractivity contribution < 1.29 is 17.1 Å². The molecule has 5 heteroatoms. The van der Waals surface area contributed by atoms with Crippen molar-refractivity contribution in [2.75, 3.05) is 0 Å². The van der Waals surface area contributed by atoms with Crippen molar-refractivity contribution in [3.8, 4) is 0 Å². The van der Waals surface area contributed by atoms with Crippen molar-refractivity contribution in [1.82, 2.24) is 0 Å². The SMILES string of the molecule is [O]=[Nb]([Cl])([Cl])[Cl]. The van der Waals surface area contributed by atoms with Gasteiger partial charge in [-0.15, -0.1) is 0 Å². The van der Waals surface area contributed by atoms with E-state index in [1.165, 1.54) is 0 Å². The van der Waals surface area contributed by atoms with Crippen LogP contribution in [0.3, 0.4) is 0 Å². The Bertz CT molecular complexity index is 53.0. The van der Waals surface area contributed by atoms with Gasteiger partial charge in [-0.3, -0.25) is 0 Å². The number of hydrogen-bond acceptors (Lipinski definition) is 1. The first-order valence-corrected chi connectivity index (χ1v) is 10.1. The number of hydrogen-bond donors (Lipinski definition) is 0. The second-order valence-electron chi connectivity index (χ2n) is 0.399. The molecule has 0 aromatic rings. The molecule has 0 aromatic heterocycles. The molecule has 0 unspecified atom stereocenters. The third-order valence-corrected chi connectivity index (χ3v) is 0. The van der Waals surface area contributed by atoms with Gasteiger partial charge in [0.25, 0.3) is 0 Å². The fourth-order valence-electron chi connectivity index (χ4n) is 0. The zero-order chi connectivity index (χ0) is 4.50. The van der Waals surface area contributed by atoms with Gasteiger partial charge in [0.05, 0.1) is 0 Å². The summed E-state index contributed by atoms with van der Waals surface area (Å²) in [4.78, 5) is 0. The Hall–Kier alpha value is 1.41. The monoisotopic (exact) mass is 214 g/mol. The van der Waals surface area contributed by atoms with Crippen LogP contribution in [0.1, 0.15) is 0 Å². The second-order valence-corrected chi connectivity index (χ2v) is 13.9. The average molecular weight is 215 g/mol. The van der Waals surface area contributed by atoms with Crippen molar-refractivity contribution in [3.05, 3.63) is 0 Å². The van der Waals surface area contributed by atoms with E-state index in [-0.39, 0.29) is 0 Å². The number of rotatable bonds is 0. The topological polar surface area (TPSA) is 17.1 Å². The van der Waals surface area contributed by atoms with Gasteiger partial charge in [-0.05, 0) is 0 Å².